The molecule has 0 fully saturated rings. The molecule has 1 amide bonds. The third kappa shape index (κ3) is 4.93. The molecule has 0 radical (unpaired) electrons. The summed E-state index contributed by atoms with van der Waals surface area (Å²) in [4.78, 5) is 21.0. The van der Waals surface area contributed by atoms with Crippen LogP contribution >= 0.6 is 11.3 Å². The quantitative estimate of drug-likeness (QED) is 0.707. The van der Waals surface area contributed by atoms with Crippen LogP contribution in [0.2, 0.25) is 0 Å². The number of halogens is 1. The molecule has 3 aromatic rings. The van der Waals surface area contributed by atoms with Crippen LogP contribution in [0.15, 0.2) is 59.7 Å². The summed E-state index contributed by atoms with van der Waals surface area (Å²) in [5, 5.41) is 4.94. The fourth-order valence-electron chi connectivity index (χ4n) is 2.61. The number of hydrogen-bond donors (Lipinski definition) is 1. The van der Waals surface area contributed by atoms with Gasteiger partial charge in [0.25, 0.3) is 0 Å². The third-order valence-corrected chi connectivity index (χ3v) is 4.55. The monoisotopic (exact) mass is 355 g/mol. The van der Waals surface area contributed by atoms with Crippen molar-refractivity contribution < 1.29 is 9.18 Å². The molecule has 25 heavy (non-hydrogen) atoms. The van der Waals surface area contributed by atoms with Crippen LogP contribution in [0.25, 0.3) is 0 Å². The molecule has 1 unspecified atom stereocenters. The normalized spacial score (nSPS) is 11.9. The van der Waals surface area contributed by atoms with Gasteiger partial charge in [-0.25, -0.2) is 9.37 Å². The molecule has 128 valence electrons. The molecule has 0 saturated heterocycles. The number of nitrogens with zero attached hydrogens (tertiary/aromatic N) is 2. The second-order valence-electron chi connectivity index (χ2n) is 5.69. The van der Waals surface area contributed by atoms with Crippen LogP contribution in [0.4, 0.5) is 4.39 Å². The van der Waals surface area contributed by atoms with Gasteiger partial charge in [0.2, 0.25) is 5.91 Å². The van der Waals surface area contributed by atoms with E-state index < -0.39 is 0 Å². The van der Waals surface area contributed by atoms with Gasteiger partial charge in [-0.15, -0.1) is 11.3 Å². The number of rotatable bonds is 7. The molecule has 0 bridgehead atoms. The largest absolute Gasteiger partial charge is 0.355 e. The number of nitrogens with one attached hydrogen (secondary N) is 1. The Morgan fingerprint density at radius 3 is 2.76 bits per heavy atom. The average molecular weight is 355 g/mol. The Kier molecular flexibility index (Phi) is 5.85. The van der Waals surface area contributed by atoms with Crippen molar-refractivity contribution in [1.82, 2.24) is 15.3 Å². The maximum Gasteiger partial charge on any atom is 0.227 e. The van der Waals surface area contributed by atoms with Crippen LogP contribution in [-0.2, 0) is 17.6 Å². The predicted molar refractivity (Wildman–Crippen MR) is 95.9 cm³/mol. The summed E-state index contributed by atoms with van der Waals surface area (Å²) in [5.41, 5.74) is 4.50. The van der Waals surface area contributed by atoms with Crippen LogP contribution in [0.1, 0.15) is 22.7 Å². The number of thiazole rings is 1. The number of pyridine rings is 1. The zero-order valence-corrected chi connectivity index (χ0v) is 14.4. The Labute approximate surface area is 149 Å². The fourth-order valence-corrected chi connectivity index (χ4v) is 3.20. The number of hydrogen-bond acceptors (Lipinski definition) is 4. The van der Waals surface area contributed by atoms with Gasteiger partial charge < -0.3 is 5.32 Å². The lowest BCUT2D eigenvalue weighted by Crippen LogP contribution is -2.32. The molecule has 0 aliphatic carbocycles. The van der Waals surface area contributed by atoms with E-state index in [1.54, 1.807) is 30.0 Å². The van der Waals surface area contributed by atoms with E-state index in [0.717, 1.165) is 16.8 Å². The Bertz CT molecular complexity index is 791. The molecule has 3 rings (SSSR count). The van der Waals surface area contributed by atoms with Crippen molar-refractivity contribution in [3.63, 3.8) is 0 Å². The van der Waals surface area contributed by atoms with Crippen molar-refractivity contribution in [3.05, 3.63) is 82.3 Å². The lowest BCUT2D eigenvalue weighted by atomic mass is 9.91. The summed E-state index contributed by atoms with van der Waals surface area (Å²) in [6.07, 6.45) is 4.66. The first-order valence-corrected chi connectivity index (χ1v) is 8.96. The minimum atomic E-state index is -0.389. The molecule has 1 aromatic carbocycles. The summed E-state index contributed by atoms with van der Waals surface area (Å²) >= 11 is 1.54. The van der Waals surface area contributed by atoms with Gasteiger partial charge in [0, 0.05) is 30.7 Å². The maximum absolute atomic E-state index is 13.2. The first-order chi connectivity index (χ1) is 12.2. The molecule has 0 saturated carbocycles. The van der Waals surface area contributed by atoms with Crippen molar-refractivity contribution in [3.8, 4) is 0 Å². The van der Waals surface area contributed by atoms with Crippen molar-refractivity contribution in [2.45, 2.75) is 18.8 Å². The third-order valence-electron chi connectivity index (χ3n) is 3.92. The van der Waals surface area contributed by atoms with Gasteiger partial charge in [-0.2, -0.15) is 0 Å². The van der Waals surface area contributed by atoms with Crippen molar-refractivity contribution in [2.24, 2.45) is 0 Å². The van der Waals surface area contributed by atoms with Crippen molar-refractivity contribution in [2.75, 3.05) is 6.54 Å². The summed E-state index contributed by atoms with van der Waals surface area (Å²) in [6, 6.07) is 9.87. The minimum Gasteiger partial charge on any atom is -0.355 e. The molecule has 2 heterocycles. The Morgan fingerprint density at radius 1 is 1.24 bits per heavy atom. The van der Waals surface area contributed by atoms with Gasteiger partial charge >= 0.3 is 0 Å². The van der Waals surface area contributed by atoms with Gasteiger partial charge in [-0.3, -0.25) is 9.78 Å². The molecular formula is C19H18FN3OS. The van der Waals surface area contributed by atoms with Gasteiger partial charge in [0.1, 0.15) is 5.82 Å². The lowest BCUT2D eigenvalue weighted by Gasteiger charge is -2.17. The van der Waals surface area contributed by atoms with E-state index in [2.05, 4.69) is 15.3 Å². The van der Waals surface area contributed by atoms with E-state index in [4.69, 9.17) is 0 Å². The van der Waals surface area contributed by atoms with Crippen molar-refractivity contribution in [1.29, 1.82) is 0 Å². The second-order valence-corrected chi connectivity index (χ2v) is 6.41. The van der Waals surface area contributed by atoms with E-state index in [-0.39, 0.29) is 17.6 Å². The minimum absolute atomic E-state index is 0.0781. The molecule has 0 aliphatic heterocycles. The zero-order valence-electron chi connectivity index (χ0n) is 13.6. The fraction of sp³-hybridized carbons (Fsp3) is 0.211. The molecule has 0 spiro atoms. The Hall–Kier alpha value is -2.60. The number of amides is 1. The molecule has 6 heteroatoms. The van der Waals surface area contributed by atoms with Crippen LogP contribution < -0.4 is 5.32 Å². The Balaban J connectivity index is 1.70. The van der Waals surface area contributed by atoms with E-state index in [9.17, 15) is 9.18 Å². The number of carbonyl (C=O) groups excluding carboxylic acids is 1. The smallest absolute Gasteiger partial charge is 0.227 e. The van der Waals surface area contributed by atoms with Gasteiger partial charge in [-0.1, -0.05) is 18.2 Å². The molecule has 1 N–H and O–H groups in total. The number of aromatic nitrogens is 2. The second kappa shape index (κ2) is 8.48. The van der Waals surface area contributed by atoms with Crippen LogP contribution in [0.3, 0.4) is 0 Å². The molecule has 0 aliphatic rings. The standard InChI is InChI=1S/C19H18FN3OS/c20-16-5-3-15(4-6-16)18(10-14-2-1-8-21-11-14)19(24)22-9-7-17-12-25-13-23-17/h1-6,8,11-13,18H,7,9-10H2,(H,22,24). The SMILES string of the molecule is O=C(NCCc1cscn1)C(Cc1cccnc1)c1ccc(F)cc1. The van der Waals surface area contributed by atoms with Crippen LogP contribution in [0, 0.1) is 5.82 Å². The lowest BCUT2D eigenvalue weighted by molar-refractivity contribution is -0.122. The topological polar surface area (TPSA) is 54.9 Å². The van der Waals surface area contributed by atoms with E-state index >= 15 is 0 Å². The highest BCUT2D eigenvalue weighted by molar-refractivity contribution is 7.07. The molecular weight excluding hydrogens is 337 g/mol. The van der Waals surface area contributed by atoms with Gasteiger partial charge in [0.05, 0.1) is 17.1 Å². The van der Waals surface area contributed by atoms with Gasteiger partial charge in [-0.05, 0) is 35.7 Å². The molecule has 1 atom stereocenters. The van der Waals surface area contributed by atoms with Gasteiger partial charge in [0.15, 0.2) is 0 Å². The highest BCUT2D eigenvalue weighted by Crippen LogP contribution is 2.21. The molecule has 2 aromatic heterocycles. The highest BCUT2D eigenvalue weighted by atomic mass is 32.1. The first-order valence-electron chi connectivity index (χ1n) is 8.01. The zero-order chi connectivity index (χ0) is 17.5. The highest BCUT2D eigenvalue weighted by Gasteiger charge is 2.21. The molecule has 4 nitrogen and oxygen atoms in total. The van der Waals surface area contributed by atoms with E-state index in [1.165, 1.54) is 23.5 Å². The average Bonchev–Trinajstić information content (AvgIpc) is 3.15. The summed E-state index contributed by atoms with van der Waals surface area (Å²) in [5.74, 6) is -0.779. The van der Waals surface area contributed by atoms with Crippen molar-refractivity contribution >= 4 is 17.2 Å². The number of carbonyl (C=O) groups is 1. The summed E-state index contributed by atoms with van der Waals surface area (Å²) in [6.45, 7) is 0.521. The first kappa shape index (κ1) is 17.2. The van der Waals surface area contributed by atoms with E-state index in [1.807, 2.05) is 17.5 Å². The van der Waals surface area contributed by atoms with Crippen LogP contribution in [-0.4, -0.2) is 22.4 Å². The van der Waals surface area contributed by atoms with Crippen LogP contribution in [0.5, 0.6) is 0 Å². The predicted octanol–water partition coefficient (Wildman–Crippen LogP) is 3.36. The summed E-state index contributed by atoms with van der Waals surface area (Å²) < 4.78 is 13.2. The number of benzene rings is 1. The summed E-state index contributed by atoms with van der Waals surface area (Å²) in [7, 11) is 0. The van der Waals surface area contributed by atoms with E-state index in [0.29, 0.717) is 19.4 Å². The Morgan fingerprint density at radius 2 is 2.08 bits per heavy atom. The maximum atomic E-state index is 13.2.